The summed E-state index contributed by atoms with van der Waals surface area (Å²) in [5.41, 5.74) is 3.34. The van der Waals surface area contributed by atoms with Crippen molar-refractivity contribution < 1.29 is 9.18 Å². The van der Waals surface area contributed by atoms with Gasteiger partial charge >= 0.3 is 0 Å². The molecule has 0 saturated heterocycles. The van der Waals surface area contributed by atoms with Crippen molar-refractivity contribution in [3.8, 4) is 0 Å². The molecule has 46 heavy (non-hydrogen) atoms. The monoisotopic (exact) mass is 636 g/mol. The quantitative estimate of drug-likeness (QED) is 0.179. The van der Waals surface area contributed by atoms with E-state index in [1.165, 1.54) is 28.6 Å². The smallest absolute Gasteiger partial charge is 0.253 e. The van der Waals surface area contributed by atoms with Crippen LogP contribution in [0.3, 0.4) is 0 Å². The molecule has 0 aromatic heterocycles. The second-order valence-electron chi connectivity index (χ2n) is 11.6. The van der Waals surface area contributed by atoms with Gasteiger partial charge in [-0.1, -0.05) is 146 Å². The average molecular weight is 637 g/mol. The van der Waals surface area contributed by atoms with Crippen molar-refractivity contribution in [1.29, 1.82) is 0 Å². The summed E-state index contributed by atoms with van der Waals surface area (Å²) in [4.78, 5) is 15.6. The van der Waals surface area contributed by atoms with Crippen molar-refractivity contribution in [3.63, 3.8) is 0 Å². The topological polar surface area (TPSA) is 23.6 Å². The lowest BCUT2D eigenvalue weighted by Gasteiger charge is -2.18. The molecular weight excluding hydrogens is 584 g/mol. The van der Waals surface area contributed by atoms with Gasteiger partial charge in [0.25, 0.3) is 5.91 Å². The Morgan fingerprint density at radius 1 is 0.587 bits per heavy atom. The number of carbonyl (C=O) groups excluding carboxylic acids is 1. The normalized spacial score (nSPS) is 9.67. The van der Waals surface area contributed by atoms with Gasteiger partial charge in [-0.3, -0.25) is 4.79 Å². The van der Waals surface area contributed by atoms with Gasteiger partial charge in [0.1, 0.15) is 5.82 Å². The van der Waals surface area contributed by atoms with Gasteiger partial charge in [0.2, 0.25) is 0 Å². The van der Waals surface area contributed by atoms with E-state index in [4.69, 9.17) is 0 Å². The molecule has 1 amide bonds. The van der Waals surface area contributed by atoms with Crippen LogP contribution in [-0.4, -0.2) is 46.1 Å². The molecule has 3 nitrogen and oxygen atoms in total. The van der Waals surface area contributed by atoms with Crippen molar-refractivity contribution in [2.75, 3.05) is 32.1 Å². The second-order valence-corrected chi connectivity index (χ2v) is 16.7. The summed E-state index contributed by atoms with van der Waals surface area (Å²) in [7, 11) is 3.04. The Labute approximate surface area is 279 Å². The van der Waals surface area contributed by atoms with Crippen LogP contribution in [0.2, 0.25) is 19.6 Å². The van der Waals surface area contributed by atoms with E-state index in [1.807, 2.05) is 99.6 Å². The lowest BCUT2D eigenvalue weighted by atomic mass is 10.2. The van der Waals surface area contributed by atoms with Crippen LogP contribution in [0, 0.1) is 12.7 Å². The molecule has 0 unspecified atom stereocenters. The van der Waals surface area contributed by atoms with Crippen LogP contribution in [-0.2, 0) is 0 Å². The zero-order valence-corrected chi connectivity index (χ0v) is 30.0. The highest BCUT2D eigenvalue weighted by molar-refractivity contribution is 6.88. The van der Waals surface area contributed by atoms with Gasteiger partial charge in [0, 0.05) is 38.4 Å². The number of amides is 1. The Kier molecular flexibility index (Phi) is 19.7. The zero-order valence-electron chi connectivity index (χ0n) is 29.0. The Morgan fingerprint density at radius 2 is 0.957 bits per heavy atom. The van der Waals surface area contributed by atoms with Gasteiger partial charge in [-0.2, -0.15) is 0 Å². The Bertz CT molecular complexity index is 1390. The van der Waals surface area contributed by atoms with Crippen molar-refractivity contribution >= 4 is 24.9 Å². The van der Waals surface area contributed by atoms with Crippen molar-refractivity contribution in [2.24, 2.45) is 0 Å². The molecule has 0 aliphatic rings. The lowest BCUT2D eigenvalue weighted by Crippen LogP contribution is -2.37. The maximum atomic E-state index is 11.9. The van der Waals surface area contributed by atoms with E-state index < -0.39 is 8.07 Å². The number of nitrogens with zero attached hydrogens (tertiary/aromatic N) is 2. The number of hydrogen-bond donors (Lipinski definition) is 0. The van der Waals surface area contributed by atoms with Gasteiger partial charge in [-0.05, 0) is 57.2 Å². The molecule has 0 heterocycles. The Morgan fingerprint density at radius 3 is 1.22 bits per heavy atom. The molecule has 5 aromatic rings. The summed E-state index contributed by atoms with van der Waals surface area (Å²) >= 11 is 0. The minimum Gasteiger partial charge on any atom is -0.378 e. The first-order chi connectivity index (χ1) is 22.0. The molecule has 0 aliphatic heterocycles. The van der Waals surface area contributed by atoms with E-state index in [2.05, 4.69) is 86.1 Å². The van der Waals surface area contributed by atoms with Gasteiger partial charge in [0.05, 0.1) is 8.07 Å². The third-order valence-electron chi connectivity index (χ3n) is 6.66. The molecule has 5 heteroatoms. The van der Waals surface area contributed by atoms with E-state index in [0.717, 1.165) is 18.7 Å². The molecule has 0 spiro atoms. The zero-order chi connectivity index (χ0) is 34.2. The molecule has 0 N–H and O–H groups in total. The Hall–Kier alpha value is -4.48. The fourth-order valence-electron chi connectivity index (χ4n) is 3.89. The third-order valence-corrected chi connectivity index (χ3v) is 8.72. The van der Waals surface area contributed by atoms with Crippen LogP contribution >= 0.6 is 0 Å². The SMILES string of the molecule is CCN(CC)C(=O)c1ccccc1.CN(C)c1ccccc1.C[Si](C)(C)c1ccccc1.Cc1ccccc1.Fc1ccccc1. The van der Waals surface area contributed by atoms with Crippen molar-refractivity contribution in [3.05, 3.63) is 169 Å². The molecule has 0 radical (unpaired) electrons. The van der Waals surface area contributed by atoms with Gasteiger partial charge in [0.15, 0.2) is 0 Å². The third kappa shape index (κ3) is 17.7. The fourth-order valence-corrected chi connectivity index (χ4v) is 5.08. The highest BCUT2D eigenvalue weighted by Crippen LogP contribution is 2.07. The first-order valence-electron chi connectivity index (χ1n) is 15.8. The predicted octanol–water partition coefficient (Wildman–Crippen LogP) is 9.97. The second kappa shape index (κ2) is 22.9. The molecule has 0 aliphatic carbocycles. The van der Waals surface area contributed by atoms with E-state index in [9.17, 15) is 9.18 Å². The maximum Gasteiger partial charge on any atom is 0.253 e. The minimum atomic E-state index is -1.03. The number of benzene rings is 5. The summed E-state index contributed by atoms with van der Waals surface area (Å²) < 4.78 is 11.9. The summed E-state index contributed by atoms with van der Waals surface area (Å²) in [5, 5.41) is 1.54. The standard InChI is InChI=1S/C11H15NO.C9H14Si.C8H11N.C7H8.C6H5F/c1-3-12(4-2)11(13)10-8-6-5-7-9-10;1-10(2,3)9-7-5-4-6-8-9;1-9(2)8-6-4-3-5-7-8;1-7-5-3-2-4-6-7;7-6-4-2-1-3-5-6/h5-9H,3-4H2,1-2H3;4-8H,1-3H3;3-7H,1-2H3;2-6H,1H3;1-5H. The molecule has 5 aromatic carbocycles. The number of rotatable bonds is 5. The largest absolute Gasteiger partial charge is 0.378 e. The summed E-state index contributed by atoms with van der Waals surface area (Å²) in [6.45, 7) is 14.7. The molecule has 0 fully saturated rings. The molecule has 5 rings (SSSR count). The van der Waals surface area contributed by atoms with E-state index in [0.29, 0.717) is 0 Å². The predicted molar refractivity (Wildman–Crippen MR) is 201 cm³/mol. The number of para-hydroxylation sites is 1. The minimum absolute atomic E-state index is 0.116. The number of anilines is 1. The van der Waals surface area contributed by atoms with Crippen LogP contribution < -0.4 is 10.1 Å². The summed E-state index contributed by atoms with van der Waals surface area (Å²) in [6.07, 6.45) is 0. The number of hydrogen-bond acceptors (Lipinski definition) is 2. The molecule has 0 saturated carbocycles. The van der Waals surface area contributed by atoms with Gasteiger partial charge < -0.3 is 9.80 Å². The number of halogens is 1. The Balaban J connectivity index is 0.000000293. The molecule has 0 atom stereocenters. The molecule has 0 bridgehead atoms. The van der Waals surface area contributed by atoms with Gasteiger partial charge in [-0.25, -0.2) is 4.39 Å². The summed E-state index contributed by atoms with van der Waals surface area (Å²) in [6, 6.07) is 48.6. The van der Waals surface area contributed by atoms with Crippen molar-refractivity contribution in [1.82, 2.24) is 4.90 Å². The average Bonchev–Trinajstić information content (AvgIpc) is 3.08. The van der Waals surface area contributed by atoms with Crippen LogP contribution in [0.1, 0.15) is 29.8 Å². The highest BCUT2D eigenvalue weighted by Gasteiger charge is 2.14. The molecular formula is C41H53FN2OSi. The van der Waals surface area contributed by atoms with Crippen LogP contribution in [0.4, 0.5) is 10.1 Å². The van der Waals surface area contributed by atoms with E-state index in [-0.39, 0.29) is 11.7 Å². The van der Waals surface area contributed by atoms with Crippen LogP contribution in [0.15, 0.2) is 152 Å². The lowest BCUT2D eigenvalue weighted by molar-refractivity contribution is 0.0773. The van der Waals surface area contributed by atoms with E-state index in [1.54, 1.807) is 18.2 Å². The number of carbonyl (C=O) groups is 1. The highest BCUT2D eigenvalue weighted by atomic mass is 28.3. The summed E-state index contributed by atoms with van der Waals surface area (Å²) in [5.74, 6) is -0.0619. The fraction of sp³-hybridized carbons (Fsp3) is 0.244. The van der Waals surface area contributed by atoms with Gasteiger partial charge in [-0.15, -0.1) is 0 Å². The number of aryl methyl sites for hydroxylation is 1. The van der Waals surface area contributed by atoms with Crippen molar-refractivity contribution in [2.45, 2.75) is 40.4 Å². The first kappa shape index (κ1) is 39.5. The molecule has 244 valence electrons. The maximum absolute atomic E-state index is 11.9. The first-order valence-corrected chi connectivity index (χ1v) is 19.3. The van der Waals surface area contributed by atoms with E-state index >= 15 is 0 Å². The van der Waals surface area contributed by atoms with Crippen LogP contribution in [0.5, 0.6) is 0 Å². The van der Waals surface area contributed by atoms with Crippen LogP contribution in [0.25, 0.3) is 0 Å².